The van der Waals surface area contributed by atoms with E-state index in [1.807, 2.05) is 11.3 Å². The predicted molar refractivity (Wildman–Crippen MR) is 81.8 cm³/mol. The highest BCUT2D eigenvalue weighted by Crippen LogP contribution is 2.33. The van der Waals surface area contributed by atoms with Crippen LogP contribution in [0.1, 0.15) is 42.2 Å². The van der Waals surface area contributed by atoms with Crippen molar-refractivity contribution in [1.82, 2.24) is 10.2 Å². The highest BCUT2D eigenvalue weighted by molar-refractivity contribution is 7.10. The second-order valence-electron chi connectivity index (χ2n) is 5.93. The number of piperidine rings is 1. The molecule has 2 heterocycles. The van der Waals surface area contributed by atoms with Crippen molar-refractivity contribution in [2.24, 2.45) is 5.73 Å². The number of amides is 1. The monoisotopic (exact) mass is 293 g/mol. The molecule has 1 unspecified atom stereocenters. The number of hydrogen-bond acceptors (Lipinski definition) is 4. The van der Waals surface area contributed by atoms with Crippen molar-refractivity contribution in [1.29, 1.82) is 0 Å². The van der Waals surface area contributed by atoms with Crippen LogP contribution in [0.2, 0.25) is 0 Å². The normalized spacial score (nSPS) is 24.4. The summed E-state index contributed by atoms with van der Waals surface area (Å²) in [5.74, 6) is 0.157. The lowest BCUT2D eigenvalue weighted by molar-refractivity contribution is -0.123. The Kier molecular flexibility index (Phi) is 4.38. The van der Waals surface area contributed by atoms with Crippen molar-refractivity contribution in [2.75, 3.05) is 19.6 Å². The van der Waals surface area contributed by atoms with Gasteiger partial charge >= 0.3 is 0 Å². The molecular weight excluding hydrogens is 270 g/mol. The van der Waals surface area contributed by atoms with Crippen LogP contribution in [0.25, 0.3) is 0 Å². The number of hydrogen-bond donors (Lipinski definition) is 2. The lowest BCUT2D eigenvalue weighted by Gasteiger charge is -2.30. The minimum atomic E-state index is 0.157. The fourth-order valence-corrected chi connectivity index (χ4v) is 4.18. The van der Waals surface area contributed by atoms with Crippen LogP contribution in [0, 0.1) is 0 Å². The number of carbonyl (C=O) groups excluding carboxylic acids is 1. The average Bonchev–Trinajstić information content (AvgIpc) is 2.91. The quantitative estimate of drug-likeness (QED) is 0.891. The first-order valence-electron chi connectivity index (χ1n) is 7.56. The highest BCUT2D eigenvalue weighted by atomic mass is 32.1. The van der Waals surface area contributed by atoms with Gasteiger partial charge in [-0.15, -0.1) is 11.3 Å². The van der Waals surface area contributed by atoms with Gasteiger partial charge < -0.3 is 11.1 Å². The largest absolute Gasteiger partial charge is 0.348 e. The summed E-state index contributed by atoms with van der Waals surface area (Å²) >= 11 is 1.82. The summed E-state index contributed by atoms with van der Waals surface area (Å²) in [7, 11) is 0. The van der Waals surface area contributed by atoms with E-state index in [-0.39, 0.29) is 11.9 Å². The molecule has 1 fully saturated rings. The standard InChI is InChI=1S/C15H23N3OS/c16-11-4-7-18(8-5-11)10-15(19)17-13-2-1-3-14-12(13)6-9-20-14/h6,9,11,13H,1-5,7-8,10,16H2,(H,17,19). The number of nitrogens with zero attached hydrogens (tertiary/aromatic N) is 1. The van der Waals surface area contributed by atoms with Crippen molar-refractivity contribution in [3.63, 3.8) is 0 Å². The van der Waals surface area contributed by atoms with Crippen molar-refractivity contribution in [3.05, 3.63) is 21.9 Å². The fraction of sp³-hybridized carbons (Fsp3) is 0.667. The molecule has 1 aromatic heterocycles. The molecule has 0 bridgehead atoms. The van der Waals surface area contributed by atoms with Gasteiger partial charge in [0.15, 0.2) is 0 Å². The van der Waals surface area contributed by atoms with Gasteiger partial charge in [-0.1, -0.05) is 0 Å². The van der Waals surface area contributed by atoms with Crippen molar-refractivity contribution >= 4 is 17.2 Å². The van der Waals surface area contributed by atoms with E-state index < -0.39 is 0 Å². The summed E-state index contributed by atoms with van der Waals surface area (Å²) in [5.41, 5.74) is 7.24. The van der Waals surface area contributed by atoms with Gasteiger partial charge in [0.05, 0.1) is 12.6 Å². The summed E-state index contributed by atoms with van der Waals surface area (Å²) in [6.07, 6.45) is 5.43. The molecule has 0 saturated carbocycles. The van der Waals surface area contributed by atoms with Gasteiger partial charge in [0, 0.05) is 24.0 Å². The molecule has 2 aliphatic rings. The Hall–Kier alpha value is -0.910. The number of rotatable bonds is 3. The van der Waals surface area contributed by atoms with E-state index in [4.69, 9.17) is 5.73 Å². The minimum Gasteiger partial charge on any atom is -0.348 e. The third-order valence-corrected chi connectivity index (χ3v) is 5.38. The SMILES string of the molecule is NC1CCN(CC(=O)NC2CCCc3sccc32)CC1. The third kappa shape index (κ3) is 3.22. The Balaban J connectivity index is 1.53. The first-order chi connectivity index (χ1) is 9.72. The Morgan fingerprint density at radius 2 is 2.20 bits per heavy atom. The lowest BCUT2D eigenvalue weighted by atomic mass is 9.94. The molecule has 4 nitrogen and oxygen atoms in total. The molecular formula is C15H23N3OS. The van der Waals surface area contributed by atoms with Gasteiger partial charge in [-0.05, 0) is 49.1 Å². The topological polar surface area (TPSA) is 58.4 Å². The molecule has 5 heteroatoms. The van der Waals surface area contributed by atoms with Gasteiger partial charge in [0.25, 0.3) is 0 Å². The van der Waals surface area contributed by atoms with Crippen LogP contribution in [0.3, 0.4) is 0 Å². The molecule has 3 rings (SSSR count). The zero-order valence-electron chi connectivity index (χ0n) is 11.8. The van der Waals surface area contributed by atoms with Crippen molar-refractivity contribution in [3.8, 4) is 0 Å². The van der Waals surface area contributed by atoms with E-state index in [2.05, 4.69) is 21.7 Å². The van der Waals surface area contributed by atoms with Crippen LogP contribution < -0.4 is 11.1 Å². The van der Waals surface area contributed by atoms with Gasteiger partial charge in [0.1, 0.15) is 0 Å². The number of nitrogens with two attached hydrogens (primary N) is 1. The van der Waals surface area contributed by atoms with E-state index in [1.165, 1.54) is 23.3 Å². The number of aryl methyl sites for hydroxylation is 1. The number of nitrogens with one attached hydrogen (secondary N) is 1. The Labute approximate surface area is 124 Å². The summed E-state index contributed by atoms with van der Waals surface area (Å²) in [4.78, 5) is 15.9. The van der Waals surface area contributed by atoms with Crippen LogP contribution in [0.15, 0.2) is 11.4 Å². The van der Waals surface area contributed by atoms with Crippen molar-refractivity contribution < 1.29 is 4.79 Å². The molecule has 1 saturated heterocycles. The molecule has 3 N–H and O–H groups in total. The summed E-state index contributed by atoms with van der Waals surface area (Å²) in [6.45, 7) is 2.41. The lowest BCUT2D eigenvalue weighted by Crippen LogP contribution is -2.45. The molecule has 1 amide bonds. The zero-order valence-corrected chi connectivity index (χ0v) is 12.6. The molecule has 0 aromatic carbocycles. The van der Waals surface area contributed by atoms with Gasteiger partial charge in [0.2, 0.25) is 5.91 Å². The molecule has 0 radical (unpaired) electrons. The average molecular weight is 293 g/mol. The Morgan fingerprint density at radius 3 is 3.00 bits per heavy atom. The van der Waals surface area contributed by atoms with E-state index in [0.29, 0.717) is 12.6 Å². The zero-order chi connectivity index (χ0) is 13.9. The van der Waals surface area contributed by atoms with Crippen LogP contribution in [-0.4, -0.2) is 36.5 Å². The number of likely N-dealkylation sites (tertiary alicyclic amines) is 1. The summed E-state index contributed by atoms with van der Waals surface area (Å²) in [5, 5.41) is 5.35. The summed E-state index contributed by atoms with van der Waals surface area (Å²) in [6, 6.07) is 2.72. The van der Waals surface area contributed by atoms with Crippen LogP contribution in [-0.2, 0) is 11.2 Å². The predicted octanol–water partition coefficient (Wildman–Crippen LogP) is 1.66. The van der Waals surface area contributed by atoms with Crippen LogP contribution >= 0.6 is 11.3 Å². The molecule has 1 aromatic rings. The highest BCUT2D eigenvalue weighted by Gasteiger charge is 2.24. The van der Waals surface area contributed by atoms with E-state index in [9.17, 15) is 4.79 Å². The molecule has 1 aliphatic carbocycles. The Bertz CT molecular complexity index is 465. The van der Waals surface area contributed by atoms with Gasteiger partial charge in [-0.3, -0.25) is 9.69 Å². The second kappa shape index (κ2) is 6.24. The van der Waals surface area contributed by atoms with E-state index in [0.717, 1.165) is 32.4 Å². The maximum Gasteiger partial charge on any atom is 0.234 e. The molecule has 1 aliphatic heterocycles. The van der Waals surface area contributed by atoms with Gasteiger partial charge in [-0.25, -0.2) is 0 Å². The maximum absolute atomic E-state index is 12.2. The first kappa shape index (κ1) is 14.0. The number of thiophene rings is 1. The van der Waals surface area contributed by atoms with Crippen molar-refractivity contribution in [2.45, 2.75) is 44.2 Å². The van der Waals surface area contributed by atoms with E-state index >= 15 is 0 Å². The molecule has 1 atom stereocenters. The van der Waals surface area contributed by atoms with Crippen LogP contribution in [0.4, 0.5) is 0 Å². The maximum atomic E-state index is 12.2. The second-order valence-corrected chi connectivity index (χ2v) is 6.93. The fourth-order valence-electron chi connectivity index (χ4n) is 3.19. The molecule has 0 spiro atoms. The molecule has 110 valence electrons. The third-order valence-electron chi connectivity index (χ3n) is 4.39. The summed E-state index contributed by atoms with van der Waals surface area (Å²) < 4.78 is 0. The van der Waals surface area contributed by atoms with E-state index in [1.54, 1.807) is 0 Å². The number of carbonyl (C=O) groups is 1. The van der Waals surface area contributed by atoms with Gasteiger partial charge in [-0.2, -0.15) is 0 Å². The van der Waals surface area contributed by atoms with Crippen LogP contribution in [0.5, 0.6) is 0 Å². The molecule has 20 heavy (non-hydrogen) atoms. The number of fused-ring (bicyclic) bond motifs is 1. The first-order valence-corrected chi connectivity index (χ1v) is 8.44. The Morgan fingerprint density at radius 1 is 1.40 bits per heavy atom. The minimum absolute atomic E-state index is 0.157. The smallest absolute Gasteiger partial charge is 0.234 e.